The van der Waals surface area contributed by atoms with Crippen LogP contribution in [0.4, 0.5) is 0 Å². The molecule has 4 nitrogen and oxygen atoms in total. The number of nitrogens with one attached hydrogen (secondary N) is 1. The van der Waals surface area contributed by atoms with E-state index in [9.17, 15) is 9.59 Å². The van der Waals surface area contributed by atoms with E-state index in [4.69, 9.17) is 11.6 Å². The Morgan fingerprint density at radius 1 is 0.958 bits per heavy atom. The van der Waals surface area contributed by atoms with E-state index in [0.717, 1.165) is 5.56 Å². The molecule has 0 aliphatic heterocycles. The summed E-state index contributed by atoms with van der Waals surface area (Å²) in [5.74, 6) is -0.202. The van der Waals surface area contributed by atoms with Gasteiger partial charge in [0.05, 0.1) is 5.54 Å². The number of benzene rings is 2. The molecule has 24 heavy (non-hydrogen) atoms. The fourth-order valence-electron chi connectivity index (χ4n) is 2.14. The van der Waals surface area contributed by atoms with Crippen LogP contribution in [0.3, 0.4) is 0 Å². The van der Waals surface area contributed by atoms with Gasteiger partial charge in [0.15, 0.2) is 0 Å². The molecule has 0 spiro atoms. The molecule has 0 saturated carbocycles. The highest BCUT2D eigenvalue weighted by Crippen LogP contribution is 2.16. The van der Waals surface area contributed by atoms with Gasteiger partial charge in [-0.3, -0.25) is 15.0 Å². The molecule has 5 heteroatoms. The molecule has 0 fully saturated rings. The van der Waals surface area contributed by atoms with Crippen LogP contribution < -0.4 is 5.43 Å². The number of carbonyl (C=O) groups excluding carboxylic acids is 2. The van der Waals surface area contributed by atoms with Gasteiger partial charge in [0.2, 0.25) is 0 Å². The Balaban J connectivity index is 2.22. The minimum absolute atomic E-state index is 0.256. The normalized spacial score (nSPS) is 11.0. The lowest BCUT2D eigenvalue weighted by Gasteiger charge is -2.35. The quantitative estimate of drug-likeness (QED) is 0.675. The zero-order valence-corrected chi connectivity index (χ0v) is 14.8. The third-order valence-corrected chi connectivity index (χ3v) is 3.79. The van der Waals surface area contributed by atoms with Crippen molar-refractivity contribution in [1.29, 1.82) is 0 Å². The Labute approximate surface area is 147 Å². The second-order valence-corrected chi connectivity index (χ2v) is 6.72. The lowest BCUT2D eigenvalue weighted by Crippen LogP contribution is -2.55. The summed E-state index contributed by atoms with van der Waals surface area (Å²) in [5.41, 5.74) is 4.07. The zero-order chi connectivity index (χ0) is 17.7. The van der Waals surface area contributed by atoms with E-state index < -0.39 is 5.54 Å². The van der Waals surface area contributed by atoms with Crippen molar-refractivity contribution in [3.05, 3.63) is 71.3 Å². The number of carbonyl (C=O) groups is 2. The number of rotatable bonds is 3. The summed E-state index contributed by atoms with van der Waals surface area (Å²) in [4.78, 5) is 25.3. The van der Waals surface area contributed by atoms with Crippen molar-refractivity contribution < 1.29 is 9.59 Å². The molecule has 2 amide bonds. The van der Waals surface area contributed by atoms with Crippen molar-refractivity contribution >= 4 is 23.4 Å². The Bertz CT molecular complexity index is 706. The lowest BCUT2D eigenvalue weighted by molar-refractivity contribution is 0.0358. The molecule has 0 radical (unpaired) electrons. The van der Waals surface area contributed by atoms with E-state index in [-0.39, 0.29) is 11.8 Å². The maximum atomic E-state index is 12.8. The van der Waals surface area contributed by atoms with Gasteiger partial charge in [-0.05, 0) is 50.6 Å². The van der Waals surface area contributed by atoms with Crippen LogP contribution in [-0.4, -0.2) is 22.4 Å². The first-order chi connectivity index (χ1) is 11.3. The molecular weight excluding hydrogens is 324 g/mol. The monoisotopic (exact) mass is 344 g/mol. The van der Waals surface area contributed by atoms with Crippen LogP contribution in [0.25, 0.3) is 0 Å². The minimum Gasteiger partial charge on any atom is -0.267 e. The smallest absolute Gasteiger partial charge is 0.267 e. The van der Waals surface area contributed by atoms with Gasteiger partial charge in [-0.2, -0.15) is 0 Å². The first-order valence-electron chi connectivity index (χ1n) is 7.68. The van der Waals surface area contributed by atoms with Crippen LogP contribution >= 0.6 is 11.6 Å². The van der Waals surface area contributed by atoms with Gasteiger partial charge in [-0.25, -0.2) is 5.01 Å². The fourth-order valence-corrected chi connectivity index (χ4v) is 2.32. The molecule has 0 aliphatic rings. The minimum atomic E-state index is -0.571. The first kappa shape index (κ1) is 18.0. The number of nitrogens with zero attached hydrogens (tertiary/aromatic N) is 1. The van der Waals surface area contributed by atoms with E-state index in [0.29, 0.717) is 17.0 Å². The van der Waals surface area contributed by atoms with Gasteiger partial charge in [0, 0.05) is 17.0 Å². The highest BCUT2D eigenvalue weighted by Gasteiger charge is 2.29. The summed E-state index contributed by atoms with van der Waals surface area (Å²) < 4.78 is 0. The Morgan fingerprint density at radius 2 is 1.54 bits per heavy atom. The predicted molar refractivity (Wildman–Crippen MR) is 95.8 cm³/mol. The van der Waals surface area contributed by atoms with Gasteiger partial charge in [-0.15, -0.1) is 11.6 Å². The van der Waals surface area contributed by atoms with Crippen molar-refractivity contribution in [2.45, 2.75) is 32.2 Å². The van der Waals surface area contributed by atoms with Crippen LogP contribution in [0.5, 0.6) is 0 Å². The molecule has 2 aromatic rings. The van der Waals surface area contributed by atoms with Gasteiger partial charge < -0.3 is 0 Å². The number of halogens is 1. The molecule has 126 valence electrons. The third-order valence-electron chi connectivity index (χ3n) is 3.48. The number of hydrazine groups is 1. The van der Waals surface area contributed by atoms with Crippen LogP contribution in [0, 0.1) is 0 Å². The summed E-state index contributed by atoms with van der Waals surface area (Å²) >= 11 is 5.76. The number of alkyl halides is 1. The third kappa shape index (κ3) is 4.36. The maximum Gasteiger partial charge on any atom is 0.272 e. The predicted octanol–water partition coefficient (Wildman–Crippen LogP) is 4.01. The molecule has 0 bridgehead atoms. The van der Waals surface area contributed by atoms with Crippen molar-refractivity contribution in [3.8, 4) is 0 Å². The summed E-state index contributed by atoms with van der Waals surface area (Å²) in [6, 6.07) is 15.9. The largest absolute Gasteiger partial charge is 0.272 e. The lowest BCUT2D eigenvalue weighted by atomic mass is 10.1. The molecule has 0 aliphatic carbocycles. The van der Waals surface area contributed by atoms with E-state index in [1.165, 1.54) is 5.01 Å². The highest BCUT2D eigenvalue weighted by atomic mass is 35.5. The zero-order valence-electron chi connectivity index (χ0n) is 14.0. The van der Waals surface area contributed by atoms with Gasteiger partial charge in [0.25, 0.3) is 11.8 Å². The molecule has 2 rings (SSSR count). The summed E-state index contributed by atoms with van der Waals surface area (Å²) in [7, 11) is 0. The van der Waals surface area contributed by atoms with Crippen molar-refractivity contribution in [3.63, 3.8) is 0 Å². The number of hydrogen-bond acceptors (Lipinski definition) is 2. The van der Waals surface area contributed by atoms with Crippen LogP contribution in [0.2, 0.25) is 0 Å². The van der Waals surface area contributed by atoms with E-state index in [1.807, 2.05) is 26.8 Å². The van der Waals surface area contributed by atoms with Crippen molar-refractivity contribution in [2.75, 3.05) is 0 Å². The molecule has 1 N–H and O–H groups in total. The molecule has 0 unspecified atom stereocenters. The van der Waals surface area contributed by atoms with Crippen molar-refractivity contribution in [2.24, 2.45) is 0 Å². The standard InChI is InChI=1S/C19H21ClN2O2/c1-19(2,3)22(18(24)16-7-5-4-6-8-16)21-17(23)15-11-9-14(13-20)10-12-15/h4-12H,13H2,1-3H3,(H,21,23). The second-order valence-electron chi connectivity index (χ2n) is 6.45. The summed E-state index contributed by atoms with van der Waals surface area (Å²) in [6.07, 6.45) is 0. The Morgan fingerprint density at radius 3 is 2.04 bits per heavy atom. The molecule has 0 heterocycles. The Kier molecular flexibility index (Phi) is 5.62. The number of hydrogen-bond donors (Lipinski definition) is 1. The van der Waals surface area contributed by atoms with Crippen LogP contribution in [-0.2, 0) is 5.88 Å². The van der Waals surface area contributed by atoms with Gasteiger partial charge in [-0.1, -0.05) is 30.3 Å². The summed E-state index contributed by atoms with van der Waals surface area (Å²) in [6.45, 7) is 5.60. The molecule has 0 atom stereocenters. The average molecular weight is 345 g/mol. The maximum absolute atomic E-state index is 12.8. The van der Waals surface area contributed by atoms with Gasteiger partial charge in [0.1, 0.15) is 0 Å². The Hall–Kier alpha value is -2.33. The topological polar surface area (TPSA) is 49.4 Å². The number of amides is 2. The SMILES string of the molecule is CC(C)(C)N(NC(=O)c1ccc(CCl)cc1)C(=O)c1ccccc1. The molecule has 2 aromatic carbocycles. The first-order valence-corrected chi connectivity index (χ1v) is 8.22. The molecule has 0 saturated heterocycles. The summed E-state index contributed by atoms with van der Waals surface area (Å²) in [5, 5.41) is 1.36. The van der Waals surface area contributed by atoms with Crippen LogP contribution in [0.1, 0.15) is 47.1 Å². The van der Waals surface area contributed by atoms with Crippen molar-refractivity contribution in [1.82, 2.24) is 10.4 Å². The van der Waals surface area contributed by atoms with E-state index >= 15 is 0 Å². The van der Waals surface area contributed by atoms with E-state index in [2.05, 4.69) is 5.43 Å². The molecular formula is C19H21ClN2O2. The van der Waals surface area contributed by atoms with E-state index in [1.54, 1.807) is 48.5 Å². The molecule has 0 aromatic heterocycles. The fraction of sp³-hybridized carbons (Fsp3) is 0.263. The second kappa shape index (κ2) is 7.49. The highest BCUT2D eigenvalue weighted by molar-refractivity contribution is 6.17. The van der Waals surface area contributed by atoms with Gasteiger partial charge >= 0.3 is 0 Å². The average Bonchev–Trinajstić information content (AvgIpc) is 2.58. The van der Waals surface area contributed by atoms with Crippen LogP contribution in [0.15, 0.2) is 54.6 Å².